The summed E-state index contributed by atoms with van der Waals surface area (Å²) in [6.45, 7) is 0. The Morgan fingerprint density at radius 1 is 0.976 bits per heavy atom. The first kappa shape index (κ1) is 24.8. The molecular formula is C30H25FN8O2. The van der Waals surface area contributed by atoms with Crippen molar-refractivity contribution in [3.63, 3.8) is 0 Å². The fourth-order valence-electron chi connectivity index (χ4n) is 5.38. The van der Waals surface area contributed by atoms with Gasteiger partial charge in [0, 0.05) is 35.5 Å². The number of benzene rings is 1. The van der Waals surface area contributed by atoms with E-state index in [1.165, 1.54) is 19.2 Å². The minimum absolute atomic E-state index is 0.0393. The third-order valence-electron chi connectivity index (χ3n) is 7.44. The average molecular weight is 549 g/mol. The summed E-state index contributed by atoms with van der Waals surface area (Å²) in [6.07, 6.45) is 9.04. The van der Waals surface area contributed by atoms with E-state index in [1.807, 2.05) is 18.2 Å². The molecule has 1 amide bonds. The highest BCUT2D eigenvalue weighted by Gasteiger charge is 2.23. The van der Waals surface area contributed by atoms with Gasteiger partial charge in [0.2, 0.25) is 5.91 Å². The van der Waals surface area contributed by atoms with Crippen LogP contribution in [0.2, 0.25) is 0 Å². The van der Waals surface area contributed by atoms with Crippen molar-refractivity contribution in [1.29, 1.82) is 0 Å². The first-order valence-corrected chi connectivity index (χ1v) is 13.4. The first-order chi connectivity index (χ1) is 20.1. The number of carbonyl (C=O) groups excluding carboxylic acids is 1. The second-order valence-electron chi connectivity index (χ2n) is 10.1. The molecule has 5 aromatic heterocycles. The Labute approximate surface area is 233 Å². The number of methoxy groups -OCH3 is 1. The summed E-state index contributed by atoms with van der Waals surface area (Å²) in [7, 11) is 1.49. The Kier molecular flexibility index (Phi) is 6.11. The molecular weight excluding hydrogens is 523 g/mol. The molecule has 6 aromatic rings. The minimum atomic E-state index is -0.430. The molecule has 0 saturated heterocycles. The van der Waals surface area contributed by atoms with Crippen LogP contribution in [0.25, 0.3) is 56.1 Å². The van der Waals surface area contributed by atoms with Crippen molar-refractivity contribution in [2.45, 2.75) is 25.7 Å². The molecule has 0 radical (unpaired) electrons. The molecule has 1 aliphatic rings. The quantitative estimate of drug-likeness (QED) is 0.236. The predicted octanol–water partition coefficient (Wildman–Crippen LogP) is 5.90. The number of amides is 1. The van der Waals surface area contributed by atoms with Crippen LogP contribution < -0.4 is 10.1 Å². The topological polar surface area (TPSA) is 134 Å². The smallest absolute Gasteiger partial charge is 0.227 e. The normalized spacial score (nSPS) is 13.7. The van der Waals surface area contributed by atoms with E-state index < -0.39 is 5.82 Å². The van der Waals surface area contributed by atoms with Crippen molar-refractivity contribution in [2.75, 3.05) is 12.4 Å². The number of fused-ring (bicyclic) bond motifs is 2. The predicted molar refractivity (Wildman–Crippen MR) is 153 cm³/mol. The van der Waals surface area contributed by atoms with E-state index in [0.717, 1.165) is 42.3 Å². The number of rotatable bonds is 6. The lowest BCUT2D eigenvalue weighted by Gasteiger charge is -2.11. The molecule has 1 saturated carbocycles. The van der Waals surface area contributed by atoms with Gasteiger partial charge in [-0.1, -0.05) is 12.8 Å². The number of anilines is 1. The lowest BCUT2D eigenvalue weighted by atomic mass is 10.1. The fraction of sp³-hybridized carbons (Fsp3) is 0.200. The lowest BCUT2D eigenvalue weighted by molar-refractivity contribution is -0.119. The van der Waals surface area contributed by atoms with Gasteiger partial charge >= 0.3 is 0 Å². The summed E-state index contributed by atoms with van der Waals surface area (Å²) in [5.41, 5.74) is 6.30. The van der Waals surface area contributed by atoms with Gasteiger partial charge in [-0.3, -0.25) is 19.9 Å². The van der Waals surface area contributed by atoms with Crippen LogP contribution in [-0.4, -0.2) is 48.1 Å². The number of aromatic nitrogens is 7. The monoisotopic (exact) mass is 548 g/mol. The van der Waals surface area contributed by atoms with E-state index in [9.17, 15) is 9.18 Å². The fourth-order valence-corrected chi connectivity index (χ4v) is 5.38. The van der Waals surface area contributed by atoms with E-state index in [2.05, 4.69) is 30.5 Å². The molecule has 204 valence electrons. The number of hydrogen-bond acceptors (Lipinski definition) is 7. The van der Waals surface area contributed by atoms with Crippen molar-refractivity contribution in [1.82, 2.24) is 35.1 Å². The van der Waals surface area contributed by atoms with Gasteiger partial charge in [-0.2, -0.15) is 5.10 Å². The minimum Gasteiger partial charge on any atom is -0.497 e. The van der Waals surface area contributed by atoms with Crippen molar-refractivity contribution in [2.24, 2.45) is 5.92 Å². The maximum atomic E-state index is 14.3. The van der Waals surface area contributed by atoms with E-state index in [4.69, 9.17) is 14.7 Å². The standard InChI is InChI=1S/C30H25FN8O2/c1-41-21-12-17(10-19(31)13-21)25-26-23(8-9-33-25)36-29(37-26)28-27-24(38-39-28)7-6-22(35-27)18-11-20(15-32-14-18)34-30(40)16-4-2-3-5-16/h6-16H,2-5H2,1H3,(H,34,40)(H,36,37)(H,38,39). The van der Waals surface area contributed by atoms with E-state index in [1.54, 1.807) is 30.7 Å². The number of halogens is 1. The van der Waals surface area contributed by atoms with Crippen LogP contribution in [0.4, 0.5) is 10.1 Å². The Bertz CT molecular complexity index is 1930. The summed E-state index contributed by atoms with van der Waals surface area (Å²) in [5.74, 6) is 0.549. The van der Waals surface area contributed by atoms with Crippen molar-refractivity contribution in [3.05, 3.63) is 66.9 Å². The van der Waals surface area contributed by atoms with Crippen LogP contribution in [-0.2, 0) is 4.79 Å². The zero-order chi connectivity index (χ0) is 27.9. The average Bonchev–Trinajstić information content (AvgIpc) is 3.76. The van der Waals surface area contributed by atoms with E-state index in [-0.39, 0.29) is 11.8 Å². The number of hydrogen-bond donors (Lipinski definition) is 3. The van der Waals surface area contributed by atoms with Gasteiger partial charge in [-0.25, -0.2) is 14.4 Å². The van der Waals surface area contributed by atoms with E-state index in [0.29, 0.717) is 50.9 Å². The second-order valence-corrected chi connectivity index (χ2v) is 10.1. The number of ether oxygens (including phenoxy) is 1. The Hall–Kier alpha value is -5.19. The number of pyridine rings is 3. The molecule has 10 nitrogen and oxygen atoms in total. The van der Waals surface area contributed by atoms with Gasteiger partial charge in [0.1, 0.15) is 22.6 Å². The number of carbonyl (C=O) groups is 1. The number of nitrogens with one attached hydrogen (secondary N) is 3. The molecule has 1 aliphatic carbocycles. The Morgan fingerprint density at radius 3 is 2.68 bits per heavy atom. The first-order valence-electron chi connectivity index (χ1n) is 13.4. The van der Waals surface area contributed by atoms with Crippen LogP contribution in [0.1, 0.15) is 25.7 Å². The van der Waals surface area contributed by atoms with Crippen molar-refractivity contribution >= 4 is 33.7 Å². The molecule has 7 rings (SSSR count). The second kappa shape index (κ2) is 10.1. The number of nitrogens with zero attached hydrogens (tertiary/aromatic N) is 5. The summed E-state index contributed by atoms with van der Waals surface area (Å²) >= 11 is 0. The molecule has 0 aliphatic heterocycles. The van der Waals surface area contributed by atoms with Gasteiger partial charge in [-0.05, 0) is 49.2 Å². The third-order valence-corrected chi connectivity index (χ3v) is 7.44. The van der Waals surface area contributed by atoms with Crippen LogP contribution in [0, 0.1) is 11.7 Å². The maximum Gasteiger partial charge on any atom is 0.227 e. The molecule has 1 fully saturated rings. The molecule has 3 N–H and O–H groups in total. The van der Waals surface area contributed by atoms with Gasteiger partial charge in [0.05, 0.1) is 41.4 Å². The van der Waals surface area contributed by atoms with Gasteiger partial charge < -0.3 is 15.0 Å². The molecule has 1 aromatic carbocycles. The van der Waals surface area contributed by atoms with E-state index >= 15 is 0 Å². The van der Waals surface area contributed by atoms with Crippen molar-refractivity contribution < 1.29 is 13.9 Å². The molecule has 0 unspecified atom stereocenters. The van der Waals surface area contributed by atoms with Crippen LogP contribution >= 0.6 is 0 Å². The largest absolute Gasteiger partial charge is 0.497 e. The molecule has 0 spiro atoms. The summed E-state index contributed by atoms with van der Waals surface area (Å²) in [4.78, 5) is 34.4. The summed E-state index contributed by atoms with van der Waals surface area (Å²) in [5, 5.41) is 10.5. The summed E-state index contributed by atoms with van der Waals surface area (Å²) in [6, 6.07) is 11.9. The zero-order valence-electron chi connectivity index (χ0n) is 22.1. The van der Waals surface area contributed by atoms with Crippen LogP contribution in [0.3, 0.4) is 0 Å². The zero-order valence-corrected chi connectivity index (χ0v) is 22.1. The Balaban J connectivity index is 1.25. The number of aromatic amines is 2. The molecule has 0 atom stereocenters. The van der Waals surface area contributed by atoms with Gasteiger partial charge in [-0.15, -0.1) is 0 Å². The third kappa shape index (κ3) is 4.65. The number of H-pyrrole nitrogens is 2. The molecule has 41 heavy (non-hydrogen) atoms. The highest BCUT2D eigenvalue weighted by atomic mass is 19.1. The maximum absolute atomic E-state index is 14.3. The van der Waals surface area contributed by atoms with Crippen LogP contribution in [0.5, 0.6) is 5.75 Å². The van der Waals surface area contributed by atoms with Gasteiger partial charge in [0.25, 0.3) is 0 Å². The van der Waals surface area contributed by atoms with Gasteiger partial charge in [0.15, 0.2) is 11.5 Å². The Morgan fingerprint density at radius 2 is 1.83 bits per heavy atom. The molecule has 0 bridgehead atoms. The molecule has 5 heterocycles. The SMILES string of the molecule is COc1cc(F)cc(-c2nccc3[nH]c(-c4n[nH]c5ccc(-c6cncc(NC(=O)C7CCCC7)c6)nc45)nc23)c1. The van der Waals surface area contributed by atoms with Crippen LogP contribution in [0.15, 0.2) is 61.1 Å². The molecule has 11 heteroatoms. The highest BCUT2D eigenvalue weighted by Crippen LogP contribution is 2.33. The number of imidazole rings is 1. The summed E-state index contributed by atoms with van der Waals surface area (Å²) < 4.78 is 19.5. The lowest BCUT2D eigenvalue weighted by Crippen LogP contribution is -2.20. The van der Waals surface area contributed by atoms with Crippen molar-refractivity contribution in [3.8, 4) is 39.8 Å². The highest BCUT2D eigenvalue weighted by molar-refractivity contribution is 5.96.